The van der Waals surface area contributed by atoms with Gasteiger partial charge in [-0.1, -0.05) is 19.1 Å². The van der Waals surface area contributed by atoms with Crippen molar-refractivity contribution in [3.8, 4) is 5.75 Å². The van der Waals surface area contributed by atoms with Gasteiger partial charge in [-0.05, 0) is 49.9 Å². The Hall–Kier alpha value is -1.06. The lowest BCUT2D eigenvalue weighted by molar-refractivity contribution is -0.0978. The van der Waals surface area contributed by atoms with Crippen LogP contribution in [-0.4, -0.2) is 32.4 Å². The molecule has 3 nitrogen and oxygen atoms in total. The van der Waals surface area contributed by atoms with Crippen LogP contribution in [0.2, 0.25) is 0 Å². The van der Waals surface area contributed by atoms with Gasteiger partial charge in [0.15, 0.2) is 0 Å². The predicted octanol–water partition coefficient (Wildman–Crippen LogP) is 2.78. The molecule has 2 rings (SSSR count). The van der Waals surface area contributed by atoms with Crippen LogP contribution in [0.25, 0.3) is 0 Å². The van der Waals surface area contributed by atoms with Crippen LogP contribution in [0.5, 0.6) is 5.75 Å². The van der Waals surface area contributed by atoms with Crippen LogP contribution in [0.4, 0.5) is 0 Å². The Morgan fingerprint density at radius 3 is 2.63 bits per heavy atom. The summed E-state index contributed by atoms with van der Waals surface area (Å²) in [6, 6.07) is 8.70. The Morgan fingerprint density at radius 2 is 2.11 bits per heavy atom. The highest BCUT2D eigenvalue weighted by Crippen LogP contribution is 2.39. The summed E-state index contributed by atoms with van der Waals surface area (Å²) >= 11 is 0. The summed E-state index contributed by atoms with van der Waals surface area (Å²) in [4.78, 5) is 0. The number of hydrogen-bond donors (Lipinski definition) is 1. The van der Waals surface area contributed by atoms with E-state index in [4.69, 9.17) is 9.47 Å². The summed E-state index contributed by atoms with van der Waals surface area (Å²) < 4.78 is 11.1. The Morgan fingerprint density at radius 1 is 1.32 bits per heavy atom. The van der Waals surface area contributed by atoms with Gasteiger partial charge in [-0.25, -0.2) is 0 Å². The van der Waals surface area contributed by atoms with Gasteiger partial charge >= 0.3 is 0 Å². The van der Waals surface area contributed by atoms with Gasteiger partial charge in [-0.15, -0.1) is 0 Å². The van der Waals surface area contributed by atoms with Crippen molar-refractivity contribution in [2.75, 3.05) is 20.8 Å². The third-order valence-electron chi connectivity index (χ3n) is 4.27. The van der Waals surface area contributed by atoms with Crippen LogP contribution in [0.3, 0.4) is 0 Å². The Labute approximate surface area is 116 Å². The van der Waals surface area contributed by atoms with Gasteiger partial charge in [0.1, 0.15) is 5.75 Å². The smallest absolute Gasteiger partial charge is 0.119 e. The Bertz CT molecular complexity index is 396. The predicted molar refractivity (Wildman–Crippen MR) is 77.8 cm³/mol. The number of likely N-dealkylation sites (N-methyl/N-ethyl adjacent to an activating group) is 1. The number of rotatable bonds is 7. The van der Waals surface area contributed by atoms with Gasteiger partial charge in [0.05, 0.1) is 12.7 Å². The second kappa shape index (κ2) is 6.40. The molecular formula is C16H25NO2. The zero-order chi connectivity index (χ0) is 13.7. The van der Waals surface area contributed by atoms with Crippen LogP contribution in [0.1, 0.15) is 31.7 Å². The minimum absolute atomic E-state index is 0.0269. The molecular weight excluding hydrogens is 238 g/mol. The molecule has 3 heteroatoms. The van der Waals surface area contributed by atoms with Crippen molar-refractivity contribution >= 4 is 0 Å². The number of nitrogens with one attached hydrogen (secondary N) is 1. The molecule has 19 heavy (non-hydrogen) atoms. The first-order chi connectivity index (χ1) is 9.24. The summed E-state index contributed by atoms with van der Waals surface area (Å²) in [5.41, 5.74) is 1.33. The van der Waals surface area contributed by atoms with E-state index in [1.807, 2.05) is 13.2 Å². The first-order valence-corrected chi connectivity index (χ1v) is 7.15. The number of ether oxygens (including phenoxy) is 2. The third kappa shape index (κ3) is 3.10. The molecule has 0 aromatic heterocycles. The maximum Gasteiger partial charge on any atom is 0.119 e. The van der Waals surface area contributed by atoms with Gasteiger partial charge in [-0.2, -0.15) is 0 Å². The van der Waals surface area contributed by atoms with Crippen molar-refractivity contribution in [3.05, 3.63) is 29.8 Å². The fourth-order valence-corrected chi connectivity index (χ4v) is 2.95. The zero-order valence-corrected chi connectivity index (χ0v) is 12.2. The van der Waals surface area contributed by atoms with E-state index in [9.17, 15) is 0 Å². The van der Waals surface area contributed by atoms with E-state index in [0.29, 0.717) is 6.04 Å². The summed E-state index contributed by atoms with van der Waals surface area (Å²) in [7, 11) is 3.55. The summed E-state index contributed by atoms with van der Waals surface area (Å²) in [5.74, 6) is 0.924. The topological polar surface area (TPSA) is 30.5 Å². The van der Waals surface area contributed by atoms with Crippen molar-refractivity contribution in [1.82, 2.24) is 5.32 Å². The largest absolute Gasteiger partial charge is 0.497 e. The molecule has 1 saturated carbocycles. The molecule has 0 aliphatic heterocycles. The molecule has 1 N–H and O–H groups in total. The van der Waals surface area contributed by atoms with Crippen LogP contribution in [0, 0.1) is 0 Å². The highest BCUT2D eigenvalue weighted by Gasteiger charge is 2.43. The molecule has 1 aromatic rings. The summed E-state index contributed by atoms with van der Waals surface area (Å²) in [6.45, 7) is 3.13. The van der Waals surface area contributed by atoms with Crippen LogP contribution in [-0.2, 0) is 11.2 Å². The van der Waals surface area contributed by atoms with E-state index >= 15 is 0 Å². The quantitative estimate of drug-likeness (QED) is 0.820. The van der Waals surface area contributed by atoms with E-state index in [2.05, 4.69) is 30.4 Å². The van der Waals surface area contributed by atoms with Crippen LogP contribution in [0.15, 0.2) is 24.3 Å². The van der Waals surface area contributed by atoms with Gasteiger partial charge in [0.2, 0.25) is 0 Å². The molecule has 1 aliphatic carbocycles. The van der Waals surface area contributed by atoms with Crippen molar-refractivity contribution < 1.29 is 9.47 Å². The van der Waals surface area contributed by atoms with Crippen molar-refractivity contribution in [2.45, 2.75) is 44.2 Å². The number of hydrogen-bond acceptors (Lipinski definition) is 3. The molecule has 1 aliphatic rings. The van der Waals surface area contributed by atoms with E-state index in [-0.39, 0.29) is 5.60 Å². The minimum atomic E-state index is 0.0269. The molecule has 106 valence electrons. The summed E-state index contributed by atoms with van der Waals surface area (Å²) in [5, 5.41) is 3.60. The number of methoxy groups -OCH3 is 2. The summed E-state index contributed by atoms with van der Waals surface area (Å²) in [6.07, 6.45) is 4.57. The molecule has 1 fully saturated rings. The lowest BCUT2D eigenvalue weighted by Crippen LogP contribution is -2.57. The molecule has 1 atom stereocenters. The maximum atomic E-state index is 5.82. The van der Waals surface area contributed by atoms with Gasteiger partial charge in [0, 0.05) is 13.2 Å². The first-order valence-electron chi connectivity index (χ1n) is 7.15. The van der Waals surface area contributed by atoms with E-state index in [0.717, 1.165) is 31.6 Å². The molecule has 0 spiro atoms. The molecule has 0 heterocycles. The molecule has 1 aromatic carbocycles. The average molecular weight is 263 g/mol. The average Bonchev–Trinajstić information content (AvgIpc) is 2.38. The second-order valence-electron chi connectivity index (χ2n) is 5.29. The van der Waals surface area contributed by atoms with Gasteiger partial charge in [-0.3, -0.25) is 0 Å². The van der Waals surface area contributed by atoms with Crippen LogP contribution < -0.4 is 10.1 Å². The van der Waals surface area contributed by atoms with Crippen molar-refractivity contribution in [2.24, 2.45) is 0 Å². The fraction of sp³-hybridized carbons (Fsp3) is 0.625. The zero-order valence-electron chi connectivity index (χ0n) is 12.2. The van der Waals surface area contributed by atoms with Crippen molar-refractivity contribution in [1.29, 1.82) is 0 Å². The highest BCUT2D eigenvalue weighted by molar-refractivity contribution is 5.29. The monoisotopic (exact) mass is 263 g/mol. The Balaban J connectivity index is 2.11. The molecule has 0 radical (unpaired) electrons. The van der Waals surface area contributed by atoms with E-state index < -0.39 is 0 Å². The number of benzene rings is 1. The Kier molecular flexibility index (Phi) is 4.83. The first kappa shape index (κ1) is 14.4. The lowest BCUT2D eigenvalue weighted by Gasteiger charge is -2.47. The SMILES string of the molecule is CCNC(Cc1cccc(OC)c1)C1(OC)CCC1. The fourth-order valence-electron chi connectivity index (χ4n) is 2.95. The standard InChI is InChI=1S/C16H25NO2/c1-4-17-15(16(19-3)9-6-10-16)12-13-7-5-8-14(11-13)18-2/h5,7-8,11,15,17H,4,6,9-10,12H2,1-3H3. The van der Waals surface area contributed by atoms with Gasteiger partial charge in [0.25, 0.3) is 0 Å². The second-order valence-corrected chi connectivity index (χ2v) is 5.29. The maximum absolute atomic E-state index is 5.82. The normalized spacial score (nSPS) is 18.7. The van der Waals surface area contributed by atoms with Gasteiger partial charge < -0.3 is 14.8 Å². The third-order valence-corrected chi connectivity index (χ3v) is 4.27. The van der Waals surface area contributed by atoms with E-state index in [1.165, 1.54) is 12.0 Å². The highest BCUT2D eigenvalue weighted by atomic mass is 16.5. The molecule has 0 saturated heterocycles. The lowest BCUT2D eigenvalue weighted by atomic mass is 9.72. The van der Waals surface area contributed by atoms with Crippen molar-refractivity contribution in [3.63, 3.8) is 0 Å². The molecule has 0 bridgehead atoms. The van der Waals surface area contributed by atoms with Crippen LogP contribution >= 0.6 is 0 Å². The van der Waals surface area contributed by atoms with E-state index in [1.54, 1.807) is 7.11 Å². The minimum Gasteiger partial charge on any atom is -0.497 e. The molecule has 0 amide bonds. The molecule has 1 unspecified atom stereocenters.